The number of aliphatic imine (C=N–C) groups is 1. The van der Waals surface area contributed by atoms with Gasteiger partial charge in [-0.1, -0.05) is 6.92 Å². The zero-order chi connectivity index (χ0) is 19.8. The van der Waals surface area contributed by atoms with E-state index in [-0.39, 0.29) is 24.0 Å². The first-order chi connectivity index (χ1) is 13.7. The van der Waals surface area contributed by atoms with Crippen molar-refractivity contribution in [2.45, 2.75) is 26.7 Å². The highest BCUT2D eigenvalue weighted by atomic mass is 127. The number of hydrogen-bond donors (Lipinski definition) is 1. The van der Waals surface area contributed by atoms with E-state index in [1.165, 1.54) is 15.6 Å². The van der Waals surface area contributed by atoms with E-state index in [1.807, 2.05) is 18.3 Å². The Morgan fingerprint density at radius 1 is 1.17 bits per heavy atom. The molecule has 0 unspecified atom stereocenters. The van der Waals surface area contributed by atoms with Crippen molar-refractivity contribution in [3.63, 3.8) is 0 Å². The van der Waals surface area contributed by atoms with E-state index in [2.05, 4.69) is 46.1 Å². The molecule has 1 aromatic heterocycles. The van der Waals surface area contributed by atoms with Crippen LogP contribution in [0.25, 0.3) is 0 Å². The molecule has 1 fully saturated rings. The van der Waals surface area contributed by atoms with Crippen molar-refractivity contribution in [1.29, 1.82) is 0 Å². The Bertz CT molecular complexity index is 757. The number of nitrogens with one attached hydrogen (secondary N) is 1. The number of guanidine groups is 1. The van der Waals surface area contributed by atoms with Crippen molar-refractivity contribution in [2.75, 3.05) is 51.3 Å². The molecule has 0 amide bonds. The van der Waals surface area contributed by atoms with Crippen LogP contribution >= 0.6 is 35.3 Å². The fourth-order valence-electron chi connectivity index (χ4n) is 3.28. The van der Waals surface area contributed by atoms with Gasteiger partial charge in [0.05, 0.1) is 12.1 Å². The van der Waals surface area contributed by atoms with E-state index in [4.69, 9.17) is 9.73 Å². The summed E-state index contributed by atoms with van der Waals surface area (Å²) in [5.74, 6) is 1.92. The molecule has 1 aromatic carbocycles. The minimum atomic E-state index is 0. The summed E-state index contributed by atoms with van der Waals surface area (Å²) in [7, 11) is 1.70. The Morgan fingerprint density at radius 2 is 1.90 bits per heavy atom. The maximum Gasteiger partial charge on any atom is 0.194 e. The molecule has 0 aliphatic carbocycles. The van der Waals surface area contributed by atoms with E-state index in [0.717, 1.165) is 63.8 Å². The second-order valence-electron chi connectivity index (χ2n) is 6.73. The number of piperazine rings is 1. The lowest BCUT2D eigenvalue weighted by Gasteiger charge is -2.37. The van der Waals surface area contributed by atoms with Crippen LogP contribution in [0, 0.1) is 0 Å². The topological polar surface area (TPSA) is 53.0 Å². The van der Waals surface area contributed by atoms with Crippen LogP contribution in [0.3, 0.4) is 0 Å². The van der Waals surface area contributed by atoms with Crippen molar-refractivity contribution >= 4 is 47.0 Å². The highest BCUT2D eigenvalue weighted by molar-refractivity contribution is 14.0. The fraction of sp³-hybridized carbons (Fsp3) is 0.524. The summed E-state index contributed by atoms with van der Waals surface area (Å²) >= 11 is 1.80. The van der Waals surface area contributed by atoms with Gasteiger partial charge in [-0.3, -0.25) is 4.99 Å². The maximum absolute atomic E-state index is 5.25. The number of rotatable bonds is 7. The minimum absolute atomic E-state index is 0. The van der Waals surface area contributed by atoms with Gasteiger partial charge >= 0.3 is 0 Å². The Balaban J connectivity index is 0.00000300. The summed E-state index contributed by atoms with van der Waals surface area (Å²) in [6.07, 6.45) is 3.96. The second-order valence-corrected chi connectivity index (χ2v) is 7.93. The van der Waals surface area contributed by atoms with Crippen molar-refractivity contribution in [2.24, 2.45) is 4.99 Å². The van der Waals surface area contributed by atoms with E-state index >= 15 is 0 Å². The smallest absolute Gasteiger partial charge is 0.194 e. The van der Waals surface area contributed by atoms with Crippen molar-refractivity contribution in [1.82, 2.24) is 15.2 Å². The van der Waals surface area contributed by atoms with Gasteiger partial charge in [-0.25, -0.2) is 4.98 Å². The van der Waals surface area contributed by atoms with Crippen LogP contribution in [-0.4, -0.2) is 62.2 Å². The van der Waals surface area contributed by atoms with Crippen LogP contribution in [0.1, 0.15) is 23.7 Å². The number of halogens is 1. The highest BCUT2D eigenvalue weighted by Crippen LogP contribution is 2.20. The standard InChI is InChI=1S/C21H31N5OS.HI/c1-4-19-16-24-20(28-19)10-11-23-21(22-5-2)26-14-12-25(13-15-26)17-6-8-18(27-3)9-7-17;/h6-9,16H,4-5,10-15H2,1-3H3,(H,22,23);1H. The first kappa shape index (κ1) is 23.7. The van der Waals surface area contributed by atoms with Gasteiger partial charge in [-0.2, -0.15) is 0 Å². The predicted molar refractivity (Wildman–Crippen MR) is 133 cm³/mol. The molecular weight excluding hydrogens is 497 g/mol. The summed E-state index contributed by atoms with van der Waals surface area (Å²) in [6.45, 7) is 9.87. The van der Waals surface area contributed by atoms with Gasteiger partial charge in [0.2, 0.25) is 0 Å². The molecule has 0 spiro atoms. The lowest BCUT2D eigenvalue weighted by Crippen LogP contribution is -2.52. The Kier molecular flexibility index (Phi) is 9.99. The van der Waals surface area contributed by atoms with Gasteiger partial charge in [0.15, 0.2) is 5.96 Å². The number of hydrogen-bond acceptors (Lipinski definition) is 5. The quantitative estimate of drug-likeness (QED) is 0.337. The summed E-state index contributed by atoms with van der Waals surface area (Å²) in [4.78, 5) is 15.5. The van der Waals surface area contributed by atoms with Gasteiger partial charge in [-0.15, -0.1) is 35.3 Å². The molecule has 0 saturated carbocycles. The zero-order valence-corrected chi connectivity index (χ0v) is 20.7. The molecule has 1 saturated heterocycles. The average Bonchev–Trinajstić information content (AvgIpc) is 3.21. The van der Waals surface area contributed by atoms with Crippen molar-refractivity contribution < 1.29 is 4.74 Å². The molecule has 6 nitrogen and oxygen atoms in total. The summed E-state index contributed by atoms with van der Waals surface area (Å²) in [5.41, 5.74) is 1.25. The first-order valence-electron chi connectivity index (χ1n) is 10.1. The molecule has 2 heterocycles. The zero-order valence-electron chi connectivity index (χ0n) is 17.6. The molecule has 29 heavy (non-hydrogen) atoms. The van der Waals surface area contributed by atoms with E-state index in [9.17, 15) is 0 Å². The van der Waals surface area contributed by atoms with Crippen LogP contribution in [-0.2, 0) is 12.8 Å². The van der Waals surface area contributed by atoms with Gasteiger partial charge < -0.3 is 19.9 Å². The van der Waals surface area contributed by atoms with Crippen molar-refractivity contribution in [3.8, 4) is 5.75 Å². The number of ether oxygens (including phenoxy) is 1. The highest BCUT2D eigenvalue weighted by Gasteiger charge is 2.19. The fourth-order valence-corrected chi connectivity index (χ4v) is 4.13. The molecule has 160 valence electrons. The van der Waals surface area contributed by atoms with Crippen LogP contribution in [0.5, 0.6) is 5.75 Å². The van der Waals surface area contributed by atoms with Crippen molar-refractivity contribution in [3.05, 3.63) is 40.3 Å². The number of aryl methyl sites for hydroxylation is 1. The third-order valence-electron chi connectivity index (χ3n) is 4.89. The van der Waals surface area contributed by atoms with E-state index < -0.39 is 0 Å². The molecule has 1 aliphatic rings. The average molecular weight is 529 g/mol. The molecule has 0 radical (unpaired) electrons. The lowest BCUT2D eigenvalue weighted by atomic mass is 10.2. The van der Waals surface area contributed by atoms with Crippen LogP contribution in [0.2, 0.25) is 0 Å². The van der Waals surface area contributed by atoms with Gasteiger partial charge in [0, 0.05) is 62.5 Å². The number of thiazole rings is 1. The number of nitrogens with zero attached hydrogens (tertiary/aromatic N) is 4. The minimum Gasteiger partial charge on any atom is -0.497 e. The molecule has 1 aliphatic heterocycles. The van der Waals surface area contributed by atoms with Crippen LogP contribution in [0.4, 0.5) is 5.69 Å². The third kappa shape index (κ3) is 6.74. The number of methoxy groups -OCH3 is 1. The molecule has 8 heteroatoms. The van der Waals surface area contributed by atoms with Crippen LogP contribution in [0.15, 0.2) is 35.5 Å². The summed E-state index contributed by atoms with van der Waals surface area (Å²) < 4.78 is 5.25. The first-order valence-corrected chi connectivity index (χ1v) is 10.9. The number of aromatic nitrogens is 1. The third-order valence-corrected chi connectivity index (χ3v) is 6.09. The summed E-state index contributed by atoms with van der Waals surface area (Å²) in [5, 5.41) is 4.63. The molecule has 0 atom stereocenters. The monoisotopic (exact) mass is 529 g/mol. The molecule has 3 rings (SSSR count). The van der Waals surface area contributed by atoms with E-state index in [1.54, 1.807) is 18.4 Å². The summed E-state index contributed by atoms with van der Waals surface area (Å²) in [6, 6.07) is 8.31. The van der Waals surface area contributed by atoms with Gasteiger partial charge in [0.25, 0.3) is 0 Å². The number of benzene rings is 1. The molecule has 2 aromatic rings. The molecule has 0 bridgehead atoms. The normalized spacial score (nSPS) is 14.5. The van der Waals surface area contributed by atoms with Gasteiger partial charge in [-0.05, 0) is 37.6 Å². The maximum atomic E-state index is 5.25. The second kappa shape index (κ2) is 12.2. The predicted octanol–water partition coefficient (Wildman–Crippen LogP) is 3.66. The molecule has 1 N–H and O–H groups in total. The Morgan fingerprint density at radius 3 is 2.48 bits per heavy atom. The van der Waals surface area contributed by atoms with Gasteiger partial charge in [0.1, 0.15) is 5.75 Å². The largest absolute Gasteiger partial charge is 0.497 e. The SMILES string of the molecule is CCNC(=NCCc1ncc(CC)s1)N1CCN(c2ccc(OC)cc2)CC1.I. The Hall–Kier alpha value is -1.55. The van der Waals surface area contributed by atoms with E-state index in [0.29, 0.717) is 0 Å². The van der Waals surface area contributed by atoms with Crippen LogP contribution < -0.4 is 15.0 Å². The molecular formula is C21H32IN5OS. The lowest BCUT2D eigenvalue weighted by molar-refractivity contribution is 0.372. The number of anilines is 1. The Labute approximate surface area is 195 Å².